The summed E-state index contributed by atoms with van der Waals surface area (Å²) in [5, 5.41) is 8.50. The number of aromatic nitrogens is 7. The lowest BCUT2D eigenvalue weighted by molar-refractivity contribution is 0.122. The van der Waals surface area contributed by atoms with Gasteiger partial charge < -0.3 is 19.4 Å². The quantitative estimate of drug-likeness (QED) is 0.548. The van der Waals surface area contributed by atoms with Crippen LogP contribution in [0.1, 0.15) is 11.1 Å². The van der Waals surface area contributed by atoms with Crippen molar-refractivity contribution in [1.82, 2.24) is 34.5 Å². The summed E-state index contributed by atoms with van der Waals surface area (Å²) in [5.74, 6) is 1.93. The maximum absolute atomic E-state index is 5.49. The van der Waals surface area contributed by atoms with Crippen molar-refractivity contribution in [3.63, 3.8) is 0 Å². The maximum Gasteiger partial charge on any atom is 0.232 e. The third-order valence-electron chi connectivity index (χ3n) is 4.93. The molecule has 1 fully saturated rings. The summed E-state index contributed by atoms with van der Waals surface area (Å²) in [6.45, 7) is 4.20. The molecule has 0 spiro atoms. The number of hydrogen-bond acceptors (Lipinski definition) is 9. The number of ether oxygens (including phenoxy) is 1. The molecule has 160 valence electrons. The van der Waals surface area contributed by atoms with Crippen molar-refractivity contribution >= 4 is 17.8 Å². The van der Waals surface area contributed by atoms with Gasteiger partial charge >= 0.3 is 0 Å². The van der Waals surface area contributed by atoms with Gasteiger partial charge in [0.05, 0.1) is 25.6 Å². The fraction of sp³-hybridized carbons (Fsp3) is 0.526. The highest BCUT2D eigenvalue weighted by Crippen LogP contribution is 2.21. The fourth-order valence-electron chi connectivity index (χ4n) is 3.39. The molecule has 30 heavy (non-hydrogen) atoms. The lowest BCUT2D eigenvalue weighted by Crippen LogP contribution is -2.38. The summed E-state index contributed by atoms with van der Waals surface area (Å²) >= 11 is 0. The molecule has 4 rings (SSSR count). The fourth-order valence-corrected chi connectivity index (χ4v) is 3.39. The molecule has 4 heterocycles. The summed E-state index contributed by atoms with van der Waals surface area (Å²) in [4.78, 5) is 20.4. The normalized spacial score (nSPS) is 14.2. The van der Waals surface area contributed by atoms with Gasteiger partial charge in [-0.2, -0.15) is 25.1 Å². The molecule has 3 aromatic rings. The van der Waals surface area contributed by atoms with Crippen LogP contribution in [0.3, 0.4) is 0 Å². The molecule has 11 heteroatoms. The molecule has 0 N–H and O–H groups in total. The van der Waals surface area contributed by atoms with Crippen molar-refractivity contribution in [1.29, 1.82) is 0 Å². The Balaban J connectivity index is 1.61. The van der Waals surface area contributed by atoms with E-state index in [-0.39, 0.29) is 0 Å². The van der Waals surface area contributed by atoms with Gasteiger partial charge in [-0.05, 0) is 0 Å². The van der Waals surface area contributed by atoms with Gasteiger partial charge in [0, 0.05) is 77.9 Å². The van der Waals surface area contributed by atoms with Crippen LogP contribution in [0.2, 0.25) is 0 Å². The van der Waals surface area contributed by atoms with Gasteiger partial charge in [0.1, 0.15) is 0 Å². The molecular formula is C19H28N10O. The number of aryl methyl sites for hydroxylation is 2. The van der Waals surface area contributed by atoms with E-state index in [9.17, 15) is 0 Å². The molecule has 1 saturated heterocycles. The Labute approximate surface area is 175 Å². The van der Waals surface area contributed by atoms with Crippen molar-refractivity contribution in [2.24, 2.45) is 14.1 Å². The first kappa shape index (κ1) is 20.1. The van der Waals surface area contributed by atoms with E-state index in [1.807, 2.05) is 62.8 Å². The summed E-state index contributed by atoms with van der Waals surface area (Å²) in [5.41, 5.74) is 2.19. The average molecular weight is 413 g/mol. The first-order chi connectivity index (χ1) is 14.5. The molecule has 0 aliphatic carbocycles. The minimum Gasteiger partial charge on any atom is -0.378 e. The van der Waals surface area contributed by atoms with Crippen molar-refractivity contribution in [3.05, 3.63) is 35.9 Å². The first-order valence-electron chi connectivity index (χ1n) is 9.94. The lowest BCUT2D eigenvalue weighted by atomic mass is 10.3. The molecule has 3 aromatic heterocycles. The zero-order valence-corrected chi connectivity index (χ0v) is 17.9. The van der Waals surface area contributed by atoms with Crippen LogP contribution < -0.4 is 14.7 Å². The second kappa shape index (κ2) is 8.66. The minimum atomic E-state index is 0.628. The van der Waals surface area contributed by atoms with Crippen LogP contribution in [-0.2, 0) is 31.9 Å². The van der Waals surface area contributed by atoms with Crippen LogP contribution in [0.5, 0.6) is 0 Å². The van der Waals surface area contributed by atoms with Gasteiger partial charge in [0.2, 0.25) is 17.8 Å². The molecule has 0 atom stereocenters. The van der Waals surface area contributed by atoms with Crippen molar-refractivity contribution < 1.29 is 4.74 Å². The second-order valence-corrected chi connectivity index (χ2v) is 7.59. The average Bonchev–Trinajstić information content (AvgIpc) is 3.35. The van der Waals surface area contributed by atoms with Gasteiger partial charge in [-0.25, -0.2) is 0 Å². The molecule has 1 aliphatic heterocycles. The SMILES string of the molecule is CN(Cc1cnn(C)c1)c1nc(N(C)Cc2cnn(C)c2)nc(N2CCOCC2)n1. The molecule has 0 unspecified atom stereocenters. The highest BCUT2D eigenvalue weighted by atomic mass is 16.5. The van der Waals surface area contributed by atoms with E-state index in [2.05, 4.69) is 15.1 Å². The summed E-state index contributed by atoms with van der Waals surface area (Å²) < 4.78 is 9.08. The van der Waals surface area contributed by atoms with E-state index in [4.69, 9.17) is 19.7 Å². The molecule has 0 radical (unpaired) electrons. The Morgan fingerprint density at radius 2 is 1.33 bits per heavy atom. The van der Waals surface area contributed by atoms with Crippen LogP contribution in [0, 0.1) is 0 Å². The topological polar surface area (TPSA) is 93.3 Å². The second-order valence-electron chi connectivity index (χ2n) is 7.59. The van der Waals surface area contributed by atoms with Gasteiger partial charge in [0.15, 0.2) is 0 Å². The molecule has 0 saturated carbocycles. The molecule has 1 aliphatic rings. The number of rotatable bonds is 7. The molecular weight excluding hydrogens is 384 g/mol. The van der Waals surface area contributed by atoms with E-state index < -0.39 is 0 Å². The largest absolute Gasteiger partial charge is 0.378 e. The Morgan fingerprint density at radius 1 is 0.833 bits per heavy atom. The van der Waals surface area contributed by atoms with Crippen LogP contribution >= 0.6 is 0 Å². The lowest BCUT2D eigenvalue weighted by Gasteiger charge is -2.29. The van der Waals surface area contributed by atoms with E-state index in [0.717, 1.165) is 24.2 Å². The van der Waals surface area contributed by atoms with E-state index in [0.29, 0.717) is 44.1 Å². The number of nitrogens with zero attached hydrogens (tertiary/aromatic N) is 10. The van der Waals surface area contributed by atoms with Crippen molar-refractivity contribution in [3.8, 4) is 0 Å². The van der Waals surface area contributed by atoms with Crippen LogP contribution in [0.15, 0.2) is 24.8 Å². The zero-order valence-electron chi connectivity index (χ0n) is 17.9. The Morgan fingerprint density at radius 3 is 1.77 bits per heavy atom. The number of anilines is 3. The summed E-state index contributed by atoms with van der Waals surface area (Å²) in [6.07, 6.45) is 7.71. The Kier molecular flexibility index (Phi) is 5.79. The van der Waals surface area contributed by atoms with E-state index >= 15 is 0 Å². The molecule has 0 bridgehead atoms. The third-order valence-corrected chi connectivity index (χ3v) is 4.93. The highest BCUT2D eigenvalue weighted by Gasteiger charge is 2.20. The summed E-state index contributed by atoms with van der Waals surface area (Å²) in [6, 6.07) is 0. The number of hydrogen-bond donors (Lipinski definition) is 0. The highest BCUT2D eigenvalue weighted by molar-refractivity contribution is 5.46. The monoisotopic (exact) mass is 412 g/mol. The maximum atomic E-state index is 5.49. The zero-order chi connectivity index (χ0) is 21.1. The Bertz CT molecular complexity index is 911. The predicted octanol–water partition coefficient (Wildman–Crippen LogP) is 0.448. The standard InChI is InChI=1S/C19H28N10O/c1-25(11-15-9-20-27(3)13-15)17-22-18(26(2)12-16-10-21-28(4)14-16)24-19(23-17)29-5-7-30-8-6-29/h9-10,13-14H,5-8,11-12H2,1-4H3. The van der Waals surface area contributed by atoms with E-state index in [1.54, 1.807) is 9.36 Å². The van der Waals surface area contributed by atoms with Crippen LogP contribution in [0.4, 0.5) is 17.8 Å². The first-order valence-corrected chi connectivity index (χ1v) is 9.94. The van der Waals surface area contributed by atoms with Crippen molar-refractivity contribution in [2.45, 2.75) is 13.1 Å². The van der Waals surface area contributed by atoms with Gasteiger partial charge in [-0.1, -0.05) is 0 Å². The predicted molar refractivity (Wildman–Crippen MR) is 113 cm³/mol. The van der Waals surface area contributed by atoms with Crippen molar-refractivity contribution in [2.75, 3.05) is 55.1 Å². The van der Waals surface area contributed by atoms with Crippen LogP contribution in [-0.4, -0.2) is 74.9 Å². The summed E-state index contributed by atoms with van der Waals surface area (Å²) in [7, 11) is 7.79. The van der Waals surface area contributed by atoms with Gasteiger partial charge in [0.25, 0.3) is 0 Å². The van der Waals surface area contributed by atoms with Gasteiger partial charge in [-0.3, -0.25) is 9.36 Å². The van der Waals surface area contributed by atoms with Gasteiger partial charge in [-0.15, -0.1) is 0 Å². The molecule has 0 amide bonds. The van der Waals surface area contributed by atoms with Crippen LogP contribution in [0.25, 0.3) is 0 Å². The third kappa shape index (κ3) is 4.67. The van der Waals surface area contributed by atoms with E-state index in [1.165, 1.54) is 0 Å². The Hall–Kier alpha value is -3.21. The number of morpholine rings is 1. The molecule has 11 nitrogen and oxygen atoms in total. The molecule has 0 aromatic carbocycles. The smallest absolute Gasteiger partial charge is 0.232 e. The minimum absolute atomic E-state index is 0.628.